The summed E-state index contributed by atoms with van der Waals surface area (Å²) >= 11 is 0. The van der Waals surface area contributed by atoms with Crippen molar-refractivity contribution in [2.45, 2.75) is 12.8 Å². The topological polar surface area (TPSA) is 29.1 Å². The second-order valence-electron chi connectivity index (χ2n) is 4.54. The Hall–Kier alpha value is -2.60. The highest BCUT2D eigenvalue weighted by molar-refractivity contribution is 5.76. The van der Waals surface area contributed by atoms with Crippen molar-refractivity contribution in [2.75, 3.05) is 6.54 Å². The first-order chi connectivity index (χ1) is 10.3. The molecule has 2 rings (SSSR count). The van der Waals surface area contributed by atoms with Crippen molar-refractivity contribution in [1.29, 1.82) is 0 Å². The maximum absolute atomic E-state index is 13.4. The highest BCUT2D eigenvalue weighted by Gasteiger charge is 2.04. The average Bonchev–Trinajstić information content (AvgIpc) is 2.52. The van der Waals surface area contributed by atoms with Gasteiger partial charge in [0.1, 0.15) is 5.82 Å². The van der Waals surface area contributed by atoms with E-state index in [2.05, 4.69) is 17.2 Å². The van der Waals surface area contributed by atoms with Crippen LogP contribution in [0.25, 0.3) is 0 Å². The number of hydrogen-bond donors (Lipinski definition) is 1. The molecule has 0 saturated carbocycles. The highest BCUT2D eigenvalue weighted by Crippen LogP contribution is 2.08. The standard InChI is InChI=1S/C18H16FNO/c19-17-11-5-4-10-16(17)12-13-18(21)20-14-6-9-15-7-2-1-3-8-15/h1-5,7-8,10-11H,12-14H2,(H,20,21). The monoisotopic (exact) mass is 281 g/mol. The molecule has 21 heavy (non-hydrogen) atoms. The molecule has 0 atom stereocenters. The number of carbonyl (C=O) groups is 1. The molecule has 0 aromatic heterocycles. The van der Waals surface area contributed by atoms with Crippen LogP contribution < -0.4 is 5.32 Å². The number of amides is 1. The van der Waals surface area contributed by atoms with Crippen LogP contribution in [0.3, 0.4) is 0 Å². The minimum Gasteiger partial charge on any atom is -0.345 e. The number of rotatable bonds is 4. The summed E-state index contributed by atoms with van der Waals surface area (Å²) in [5.41, 5.74) is 1.47. The average molecular weight is 281 g/mol. The van der Waals surface area contributed by atoms with Gasteiger partial charge in [0.2, 0.25) is 5.91 Å². The van der Waals surface area contributed by atoms with Crippen LogP contribution in [0.4, 0.5) is 4.39 Å². The number of aryl methyl sites for hydroxylation is 1. The molecule has 1 N–H and O–H groups in total. The van der Waals surface area contributed by atoms with E-state index in [-0.39, 0.29) is 18.1 Å². The molecule has 0 spiro atoms. The molecule has 1 amide bonds. The van der Waals surface area contributed by atoms with Gasteiger partial charge in [-0.1, -0.05) is 48.2 Å². The fraction of sp³-hybridized carbons (Fsp3) is 0.167. The molecule has 0 aliphatic heterocycles. The van der Waals surface area contributed by atoms with Crippen molar-refractivity contribution in [3.8, 4) is 11.8 Å². The minimum absolute atomic E-state index is 0.124. The largest absolute Gasteiger partial charge is 0.345 e. The quantitative estimate of drug-likeness (QED) is 0.858. The Morgan fingerprint density at radius 3 is 2.52 bits per heavy atom. The molecule has 0 fully saturated rings. The lowest BCUT2D eigenvalue weighted by molar-refractivity contribution is -0.120. The minimum atomic E-state index is -0.269. The number of nitrogens with one attached hydrogen (secondary N) is 1. The maximum Gasteiger partial charge on any atom is 0.221 e. The van der Waals surface area contributed by atoms with E-state index in [0.717, 1.165) is 5.56 Å². The Labute approximate surface area is 124 Å². The molecule has 0 aliphatic carbocycles. The zero-order valence-corrected chi connectivity index (χ0v) is 11.6. The summed E-state index contributed by atoms with van der Waals surface area (Å²) in [5, 5.41) is 2.71. The van der Waals surface area contributed by atoms with Gasteiger partial charge in [0.05, 0.1) is 6.54 Å². The van der Waals surface area contributed by atoms with Crippen LogP contribution in [0.1, 0.15) is 17.5 Å². The molecule has 0 saturated heterocycles. The Bertz CT molecular complexity index is 656. The van der Waals surface area contributed by atoms with Crippen LogP contribution in [0.15, 0.2) is 54.6 Å². The third kappa shape index (κ3) is 5.12. The first-order valence-corrected chi connectivity index (χ1v) is 6.80. The molecule has 0 unspecified atom stereocenters. The number of carbonyl (C=O) groups excluding carboxylic acids is 1. The predicted octanol–water partition coefficient (Wildman–Crippen LogP) is 2.93. The predicted molar refractivity (Wildman–Crippen MR) is 81.1 cm³/mol. The molecule has 2 aromatic rings. The summed E-state index contributed by atoms with van der Waals surface area (Å²) in [4.78, 5) is 11.6. The van der Waals surface area contributed by atoms with Gasteiger partial charge in [-0.2, -0.15) is 0 Å². The molecule has 3 heteroatoms. The molecular formula is C18H16FNO. The fourth-order valence-electron chi connectivity index (χ4n) is 1.85. The van der Waals surface area contributed by atoms with Gasteiger partial charge in [-0.25, -0.2) is 4.39 Å². The molecule has 0 aliphatic rings. The first-order valence-electron chi connectivity index (χ1n) is 6.80. The second kappa shape index (κ2) is 7.86. The zero-order valence-electron chi connectivity index (χ0n) is 11.6. The van der Waals surface area contributed by atoms with Crippen molar-refractivity contribution in [3.05, 3.63) is 71.5 Å². The molecule has 2 aromatic carbocycles. The zero-order chi connectivity index (χ0) is 14.9. The Morgan fingerprint density at radius 2 is 1.76 bits per heavy atom. The summed E-state index contributed by atoms with van der Waals surface area (Å²) in [6, 6.07) is 16.1. The summed E-state index contributed by atoms with van der Waals surface area (Å²) < 4.78 is 13.4. The fourth-order valence-corrected chi connectivity index (χ4v) is 1.85. The van der Waals surface area contributed by atoms with Gasteiger partial charge >= 0.3 is 0 Å². The lowest BCUT2D eigenvalue weighted by atomic mass is 10.1. The Balaban J connectivity index is 1.74. The summed E-state index contributed by atoms with van der Waals surface area (Å²) in [5.74, 6) is 5.45. The van der Waals surface area contributed by atoms with Gasteiger partial charge < -0.3 is 5.32 Å². The van der Waals surface area contributed by atoms with Gasteiger partial charge in [-0.05, 0) is 30.2 Å². The lowest BCUT2D eigenvalue weighted by Crippen LogP contribution is -2.23. The van der Waals surface area contributed by atoms with Crippen LogP contribution in [0.2, 0.25) is 0 Å². The number of benzene rings is 2. The van der Waals surface area contributed by atoms with Gasteiger partial charge in [-0.3, -0.25) is 4.79 Å². The van der Waals surface area contributed by atoms with E-state index < -0.39 is 0 Å². The highest BCUT2D eigenvalue weighted by atomic mass is 19.1. The van der Waals surface area contributed by atoms with E-state index >= 15 is 0 Å². The normalized spacial score (nSPS) is 9.57. The molecule has 0 radical (unpaired) electrons. The van der Waals surface area contributed by atoms with Crippen molar-refractivity contribution in [2.24, 2.45) is 0 Å². The smallest absolute Gasteiger partial charge is 0.221 e. The van der Waals surface area contributed by atoms with Crippen molar-refractivity contribution in [3.63, 3.8) is 0 Å². The number of halogens is 1. The molecule has 0 heterocycles. The van der Waals surface area contributed by atoms with Gasteiger partial charge in [-0.15, -0.1) is 0 Å². The van der Waals surface area contributed by atoms with E-state index in [4.69, 9.17) is 0 Å². The van der Waals surface area contributed by atoms with E-state index in [1.807, 2.05) is 30.3 Å². The van der Waals surface area contributed by atoms with E-state index in [1.54, 1.807) is 18.2 Å². The van der Waals surface area contributed by atoms with Gasteiger partial charge in [0.15, 0.2) is 0 Å². The van der Waals surface area contributed by atoms with Gasteiger partial charge in [0, 0.05) is 12.0 Å². The SMILES string of the molecule is O=C(CCc1ccccc1F)NCC#Cc1ccccc1. The van der Waals surface area contributed by atoms with Crippen molar-refractivity contribution in [1.82, 2.24) is 5.32 Å². The van der Waals surface area contributed by atoms with Crippen molar-refractivity contribution >= 4 is 5.91 Å². The molecule has 2 nitrogen and oxygen atoms in total. The molecular weight excluding hydrogens is 265 g/mol. The van der Waals surface area contributed by atoms with Crippen LogP contribution in [0.5, 0.6) is 0 Å². The maximum atomic E-state index is 13.4. The third-order valence-electron chi connectivity index (χ3n) is 2.96. The summed E-state index contributed by atoms with van der Waals surface area (Å²) in [6.45, 7) is 0.297. The van der Waals surface area contributed by atoms with E-state index in [9.17, 15) is 9.18 Å². The van der Waals surface area contributed by atoms with Crippen LogP contribution in [-0.4, -0.2) is 12.5 Å². The number of hydrogen-bond acceptors (Lipinski definition) is 1. The molecule has 106 valence electrons. The van der Waals surface area contributed by atoms with Crippen LogP contribution in [-0.2, 0) is 11.2 Å². The van der Waals surface area contributed by atoms with Crippen LogP contribution in [0, 0.1) is 17.7 Å². The van der Waals surface area contributed by atoms with Crippen molar-refractivity contribution < 1.29 is 9.18 Å². The first kappa shape index (κ1) is 14.8. The Kier molecular flexibility index (Phi) is 5.54. The van der Waals surface area contributed by atoms with E-state index in [1.165, 1.54) is 6.07 Å². The third-order valence-corrected chi connectivity index (χ3v) is 2.96. The lowest BCUT2D eigenvalue weighted by Gasteiger charge is -2.03. The Morgan fingerprint density at radius 1 is 1.05 bits per heavy atom. The van der Waals surface area contributed by atoms with Gasteiger partial charge in [0.25, 0.3) is 0 Å². The molecule has 0 bridgehead atoms. The summed E-state index contributed by atoms with van der Waals surface area (Å²) in [6.07, 6.45) is 0.651. The second-order valence-corrected chi connectivity index (χ2v) is 4.54. The van der Waals surface area contributed by atoms with E-state index in [0.29, 0.717) is 18.5 Å². The summed E-state index contributed by atoms with van der Waals surface area (Å²) in [7, 11) is 0. The van der Waals surface area contributed by atoms with Crippen LogP contribution >= 0.6 is 0 Å².